The van der Waals surface area contributed by atoms with Crippen LogP contribution >= 0.6 is 0 Å². The Morgan fingerprint density at radius 2 is 2.12 bits per heavy atom. The highest BCUT2D eigenvalue weighted by Crippen LogP contribution is 2.06. The first-order valence-corrected chi connectivity index (χ1v) is 4.67. The quantitative estimate of drug-likeness (QED) is 0.552. The lowest BCUT2D eigenvalue weighted by Gasteiger charge is -2.04. The summed E-state index contributed by atoms with van der Waals surface area (Å²) in [4.78, 5) is 21.6. The molecule has 1 aromatic heterocycles. The molecule has 0 aliphatic carbocycles. The van der Waals surface area contributed by atoms with Crippen molar-refractivity contribution in [1.82, 2.24) is 10.6 Å². The summed E-state index contributed by atoms with van der Waals surface area (Å²) in [5.41, 5.74) is 5.19. The largest absolute Gasteiger partial charge is 0.475 e. The van der Waals surface area contributed by atoms with E-state index < -0.39 is 5.97 Å². The molecule has 0 aliphatic rings. The summed E-state index contributed by atoms with van der Waals surface area (Å²) in [6.45, 7) is 0.866. The van der Waals surface area contributed by atoms with Crippen LogP contribution in [0.3, 0.4) is 0 Å². The normalized spacial score (nSPS) is 9.81. The molecule has 5 N–H and O–H groups in total. The minimum Gasteiger partial charge on any atom is -0.475 e. The number of carbonyl (C=O) groups excluding carboxylic acids is 1. The summed E-state index contributed by atoms with van der Waals surface area (Å²) in [6, 6.07) is 2.45. The molecule has 0 bridgehead atoms. The first-order valence-electron chi connectivity index (χ1n) is 4.67. The molecule has 88 valence electrons. The van der Waals surface area contributed by atoms with E-state index in [0.717, 1.165) is 0 Å². The van der Waals surface area contributed by atoms with E-state index in [2.05, 4.69) is 10.6 Å². The van der Waals surface area contributed by atoms with Crippen LogP contribution in [0.2, 0.25) is 0 Å². The zero-order valence-corrected chi connectivity index (χ0v) is 8.53. The van der Waals surface area contributed by atoms with Gasteiger partial charge in [0, 0.05) is 13.1 Å². The molecule has 7 heteroatoms. The lowest BCUT2D eigenvalue weighted by Crippen LogP contribution is -2.37. The number of hydrogen-bond acceptors (Lipinski definition) is 4. The Labute approximate surface area is 91.6 Å². The van der Waals surface area contributed by atoms with Crippen LogP contribution in [0.5, 0.6) is 0 Å². The first-order chi connectivity index (χ1) is 7.63. The summed E-state index contributed by atoms with van der Waals surface area (Å²) >= 11 is 0. The predicted octanol–water partition coefficient (Wildman–Crippen LogP) is -0.264. The minimum atomic E-state index is -1.14. The maximum Gasteiger partial charge on any atom is 0.371 e. The summed E-state index contributed by atoms with van der Waals surface area (Å²) < 4.78 is 4.93. The summed E-state index contributed by atoms with van der Waals surface area (Å²) in [7, 11) is 0. The fourth-order valence-electron chi connectivity index (χ4n) is 1.00. The van der Waals surface area contributed by atoms with E-state index in [4.69, 9.17) is 15.3 Å². The van der Waals surface area contributed by atoms with Gasteiger partial charge in [0.15, 0.2) is 0 Å². The van der Waals surface area contributed by atoms with Crippen LogP contribution in [0.15, 0.2) is 16.5 Å². The summed E-state index contributed by atoms with van der Waals surface area (Å²) in [5, 5.41) is 13.6. The van der Waals surface area contributed by atoms with Gasteiger partial charge in [0.1, 0.15) is 5.76 Å². The van der Waals surface area contributed by atoms with Gasteiger partial charge in [-0.25, -0.2) is 9.59 Å². The standard InChI is InChI=1S/C9H13N3O4/c10-3-4-11-9(15)12-5-6-1-2-7(16-6)8(13)14/h1-2H,3-5,10H2,(H,13,14)(H2,11,12,15). The Bertz CT molecular complexity index is 375. The van der Waals surface area contributed by atoms with Crippen molar-refractivity contribution in [2.75, 3.05) is 13.1 Å². The maximum atomic E-state index is 11.1. The summed E-state index contributed by atoms with van der Waals surface area (Å²) in [5.74, 6) is -0.918. The van der Waals surface area contributed by atoms with Gasteiger partial charge in [-0.05, 0) is 12.1 Å². The van der Waals surface area contributed by atoms with E-state index in [9.17, 15) is 9.59 Å². The maximum absolute atomic E-state index is 11.1. The van der Waals surface area contributed by atoms with Gasteiger partial charge in [0.2, 0.25) is 5.76 Å². The van der Waals surface area contributed by atoms with E-state index in [1.54, 1.807) is 0 Å². The average molecular weight is 227 g/mol. The van der Waals surface area contributed by atoms with Crippen molar-refractivity contribution in [3.8, 4) is 0 Å². The number of furan rings is 1. The van der Waals surface area contributed by atoms with Crippen LogP contribution in [0.4, 0.5) is 4.79 Å². The van der Waals surface area contributed by atoms with E-state index in [1.807, 2.05) is 0 Å². The molecule has 0 atom stereocenters. The number of rotatable bonds is 5. The van der Waals surface area contributed by atoms with Crippen LogP contribution < -0.4 is 16.4 Å². The van der Waals surface area contributed by atoms with Gasteiger partial charge in [0.25, 0.3) is 0 Å². The van der Waals surface area contributed by atoms with Crippen LogP contribution in [-0.4, -0.2) is 30.2 Å². The molecule has 1 rings (SSSR count). The Morgan fingerprint density at radius 3 is 2.69 bits per heavy atom. The molecule has 7 nitrogen and oxygen atoms in total. The third kappa shape index (κ3) is 3.62. The van der Waals surface area contributed by atoms with Gasteiger partial charge in [-0.15, -0.1) is 0 Å². The highest BCUT2D eigenvalue weighted by atomic mass is 16.4. The molecular formula is C9H13N3O4. The number of carboxylic acids is 1. The molecule has 1 heterocycles. The number of carboxylic acid groups (broad SMARTS) is 1. The number of nitrogens with one attached hydrogen (secondary N) is 2. The van der Waals surface area contributed by atoms with Crippen molar-refractivity contribution >= 4 is 12.0 Å². The molecule has 0 radical (unpaired) electrons. The highest BCUT2D eigenvalue weighted by Gasteiger charge is 2.09. The van der Waals surface area contributed by atoms with E-state index in [0.29, 0.717) is 18.8 Å². The molecule has 2 amide bonds. The van der Waals surface area contributed by atoms with Crippen molar-refractivity contribution in [3.05, 3.63) is 23.7 Å². The molecule has 0 spiro atoms. The van der Waals surface area contributed by atoms with Crippen LogP contribution in [0, 0.1) is 0 Å². The van der Waals surface area contributed by atoms with Crippen LogP contribution in [-0.2, 0) is 6.54 Å². The number of nitrogens with two attached hydrogens (primary N) is 1. The Kier molecular flexibility index (Phi) is 4.34. The Morgan fingerprint density at radius 1 is 1.38 bits per heavy atom. The first kappa shape index (κ1) is 12.1. The van der Waals surface area contributed by atoms with Crippen LogP contribution in [0.1, 0.15) is 16.3 Å². The smallest absolute Gasteiger partial charge is 0.371 e. The minimum absolute atomic E-state index is 0.129. The molecule has 16 heavy (non-hydrogen) atoms. The molecule has 0 saturated carbocycles. The summed E-state index contributed by atoms with van der Waals surface area (Å²) in [6.07, 6.45) is 0. The Hall–Kier alpha value is -2.02. The lowest BCUT2D eigenvalue weighted by atomic mass is 10.4. The molecule has 1 aromatic rings. The molecule has 0 unspecified atom stereocenters. The van der Waals surface area contributed by atoms with Gasteiger partial charge >= 0.3 is 12.0 Å². The molecule has 0 saturated heterocycles. The molecular weight excluding hydrogens is 214 g/mol. The topological polar surface area (TPSA) is 118 Å². The Balaban J connectivity index is 2.36. The second-order valence-corrected chi connectivity index (χ2v) is 2.97. The van der Waals surface area contributed by atoms with Crippen molar-refractivity contribution < 1.29 is 19.1 Å². The van der Waals surface area contributed by atoms with E-state index in [-0.39, 0.29) is 18.3 Å². The van der Waals surface area contributed by atoms with Gasteiger partial charge in [-0.1, -0.05) is 0 Å². The number of amides is 2. The van der Waals surface area contributed by atoms with Gasteiger partial charge in [-0.3, -0.25) is 0 Å². The molecule has 0 fully saturated rings. The molecule has 0 aliphatic heterocycles. The SMILES string of the molecule is NCCNC(=O)NCc1ccc(C(=O)O)o1. The fourth-order valence-corrected chi connectivity index (χ4v) is 1.00. The van der Waals surface area contributed by atoms with Crippen LogP contribution in [0.25, 0.3) is 0 Å². The molecule has 0 aromatic carbocycles. The second-order valence-electron chi connectivity index (χ2n) is 2.97. The van der Waals surface area contributed by atoms with E-state index >= 15 is 0 Å². The van der Waals surface area contributed by atoms with Gasteiger partial charge in [0.05, 0.1) is 6.54 Å². The predicted molar refractivity (Wildman–Crippen MR) is 55.0 cm³/mol. The monoisotopic (exact) mass is 227 g/mol. The third-order valence-corrected chi connectivity index (χ3v) is 1.73. The zero-order chi connectivity index (χ0) is 12.0. The van der Waals surface area contributed by atoms with Gasteiger partial charge in [-0.2, -0.15) is 0 Å². The van der Waals surface area contributed by atoms with Crippen molar-refractivity contribution in [1.29, 1.82) is 0 Å². The fraction of sp³-hybridized carbons (Fsp3) is 0.333. The average Bonchev–Trinajstić information content (AvgIpc) is 2.72. The number of carbonyl (C=O) groups is 2. The van der Waals surface area contributed by atoms with E-state index in [1.165, 1.54) is 12.1 Å². The third-order valence-electron chi connectivity index (χ3n) is 1.73. The number of hydrogen-bond donors (Lipinski definition) is 4. The number of aromatic carboxylic acids is 1. The lowest BCUT2D eigenvalue weighted by molar-refractivity contribution is 0.0660. The number of urea groups is 1. The zero-order valence-electron chi connectivity index (χ0n) is 8.53. The van der Waals surface area contributed by atoms with Crippen molar-refractivity contribution in [3.63, 3.8) is 0 Å². The van der Waals surface area contributed by atoms with Crippen molar-refractivity contribution in [2.24, 2.45) is 5.73 Å². The van der Waals surface area contributed by atoms with Crippen molar-refractivity contribution in [2.45, 2.75) is 6.54 Å². The van der Waals surface area contributed by atoms with Gasteiger partial charge < -0.3 is 25.9 Å². The second kappa shape index (κ2) is 5.76. The highest BCUT2D eigenvalue weighted by molar-refractivity contribution is 5.84.